The number of nitrogens with zero attached hydrogens (tertiary/aromatic N) is 2. The van der Waals surface area contributed by atoms with Crippen LogP contribution in [0.3, 0.4) is 0 Å². The molecule has 2 heterocycles. The first kappa shape index (κ1) is 16.1. The first-order chi connectivity index (χ1) is 12.3. The van der Waals surface area contributed by atoms with Crippen molar-refractivity contribution in [3.05, 3.63) is 60.2 Å². The van der Waals surface area contributed by atoms with E-state index in [0.29, 0.717) is 6.54 Å². The van der Waals surface area contributed by atoms with Crippen molar-refractivity contribution in [3.63, 3.8) is 0 Å². The molecule has 0 unspecified atom stereocenters. The van der Waals surface area contributed by atoms with Crippen LogP contribution >= 0.6 is 11.3 Å². The van der Waals surface area contributed by atoms with Crippen LogP contribution in [0, 0.1) is 5.92 Å². The van der Waals surface area contributed by atoms with Crippen molar-refractivity contribution in [1.29, 1.82) is 0 Å². The van der Waals surface area contributed by atoms with E-state index < -0.39 is 0 Å². The number of amides is 1. The molecule has 1 amide bonds. The van der Waals surface area contributed by atoms with E-state index >= 15 is 0 Å². The molecule has 4 rings (SSSR count). The van der Waals surface area contributed by atoms with Gasteiger partial charge in [-0.3, -0.25) is 4.79 Å². The fraction of sp³-hybridized carbons (Fsp3) is 0.300. The molecule has 1 atom stereocenters. The fourth-order valence-electron chi connectivity index (χ4n) is 3.29. The summed E-state index contributed by atoms with van der Waals surface area (Å²) in [6, 6.07) is 18.3. The molecule has 0 spiro atoms. The SMILES string of the molecule is O=C(NCc1ccccc1)[C@H]1CCCN(c2nc3ccccc3s2)C1. The number of thiazole rings is 1. The molecule has 4 nitrogen and oxygen atoms in total. The van der Waals surface area contributed by atoms with Crippen molar-refractivity contribution >= 4 is 32.6 Å². The number of anilines is 1. The van der Waals surface area contributed by atoms with E-state index in [0.717, 1.165) is 42.1 Å². The highest BCUT2D eigenvalue weighted by Gasteiger charge is 2.27. The second-order valence-electron chi connectivity index (χ2n) is 6.45. The normalized spacial score (nSPS) is 17.6. The molecule has 1 N–H and O–H groups in total. The number of aromatic nitrogens is 1. The zero-order valence-electron chi connectivity index (χ0n) is 14.0. The standard InChI is InChI=1S/C20H21N3OS/c24-19(21-13-15-7-2-1-3-8-15)16-9-6-12-23(14-16)20-22-17-10-4-5-11-18(17)25-20/h1-5,7-8,10-11,16H,6,9,12-14H2,(H,21,24)/t16-/m0/s1. The van der Waals surface area contributed by atoms with Gasteiger partial charge in [0.15, 0.2) is 5.13 Å². The van der Waals surface area contributed by atoms with Crippen LogP contribution in [0.25, 0.3) is 10.2 Å². The minimum absolute atomic E-state index is 0.0319. The monoisotopic (exact) mass is 351 g/mol. The van der Waals surface area contributed by atoms with Gasteiger partial charge in [0.25, 0.3) is 0 Å². The van der Waals surface area contributed by atoms with E-state index in [-0.39, 0.29) is 11.8 Å². The van der Waals surface area contributed by atoms with E-state index in [1.54, 1.807) is 11.3 Å². The van der Waals surface area contributed by atoms with Crippen LogP contribution in [0.15, 0.2) is 54.6 Å². The van der Waals surface area contributed by atoms with Crippen LogP contribution in [0.4, 0.5) is 5.13 Å². The lowest BCUT2D eigenvalue weighted by Gasteiger charge is -2.31. The summed E-state index contributed by atoms with van der Waals surface area (Å²) in [5.74, 6) is 0.180. The van der Waals surface area contributed by atoms with E-state index in [4.69, 9.17) is 4.98 Å². The molecule has 3 aromatic rings. The smallest absolute Gasteiger partial charge is 0.225 e. The van der Waals surface area contributed by atoms with Gasteiger partial charge < -0.3 is 10.2 Å². The van der Waals surface area contributed by atoms with E-state index in [1.807, 2.05) is 48.5 Å². The number of hydrogen-bond donors (Lipinski definition) is 1. The molecule has 0 aliphatic carbocycles. The average Bonchev–Trinajstić information content (AvgIpc) is 3.11. The van der Waals surface area contributed by atoms with Crippen molar-refractivity contribution in [3.8, 4) is 0 Å². The van der Waals surface area contributed by atoms with Crippen molar-refractivity contribution < 1.29 is 4.79 Å². The third kappa shape index (κ3) is 3.66. The molecular weight excluding hydrogens is 330 g/mol. The molecule has 1 saturated heterocycles. The van der Waals surface area contributed by atoms with Gasteiger partial charge in [0, 0.05) is 19.6 Å². The Morgan fingerprint density at radius 2 is 1.96 bits per heavy atom. The molecule has 2 aromatic carbocycles. The highest BCUT2D eigenvalue weighted by Crippen LogP contribution is 2.31. The summed E-state index contributed by atoms with van der Waals surface area (Å²) in [7, 11) is 0. The van der Waals surface area contributed by atoms with Crippen molar-refractivity contribution in [1.82, 2.24) is 10.3 Å². The van der Waals surface area contributed by atoms with Crippen LogP contribution in [-0.4, -0.2) is 24.0 Å². The zero-order valence-corrected chi connectivity index (χ0v) is 14.8. The molecule has 0 saturated carbocycles. The van der Waals surface area contributed by atoms with Crippen LogP contribution < -0.4 is 10.2 Å². The Hall–Kier alpha value is -2.40. The topological polar surface area (TPSA) is 45.2 Å². The summed E-state index contributed by atoms with van der Waals surface area (Å²) in [6.45, 7) is 2.32. The maximum atomic E-state index is 12.6. The van der Waals surface area contributed by atoms with Gasteiger partial charge >= 0.3 is 0 Å². The van der Waals surface area contributed by atoms with Gasteiger partial charge in [0.1, 0.15) is 0 Å². The fourth-order valence-corrected chi connectivity index (χ4v) is 4.29. The number of nitrogens with one attached hydrogen (secondary N) is 1. The van der Waals surface area contributed by atoms with Crippen LogP contribution in [-0.2, 0) is 11.3 Å². The third-order valence-electron chi connectivity index (χ3n) is 4.65. The van der Waals surface area contributed by atoms with E-state index in [1.165, 1.54) is 4.70 Å². The lowest BCUT2D eigenvalue weighted by atomic mass is 9.97. The lowest BCUT2D eigenvalue weighted by molar-refractivity contribution is -0.125. The number of carbonyl (C=O) groups excluding carboxylic acids is 1. The summed E-state index contributed by atoms with van der Waals surface area (Å²) in [5, 5.41) is 4.11. The van der Waals surface area contributed by atoms with Gasteiger partial charge in [-0.15, -0.1) is 0 Å². The van der Waals surface area contributed by atoms with Gasteiger partial charge in [0.05, 0.1) is 16.1 Å². The highest BCUT2D eigenvalue weighted by atomic mass is 32.1. The Balaban J connectivity index is 1.41. The summed E-state index contributed by atoms with van der Waals surface area (Å²) < 4.78 is 1.20. The molecule has 1 aromatic heterocycles. The number of fused-ring (bicyclic) bond motifs is 1. The number of carbonyl (C=O) groups is 1. The molecule has 128 valence electrons. The van der Waals surface area contributed by atoms with Gasteiger partial charge in [-0.1, -0.05) is 53.8 Å². The first-order valence-corrected chi connectivity index (χ1v) is 9.53. The molecule has 25 heavy (non-hydrogen) atoms. The Labute approximate surface area is 151 Å². The van der Waals surface area contributed by atoms with Crippen molar-refractivity contribution in [2.75, 3.05) is 18.0 Å². The van der Waals surface area contributed by atoms with Crippen LogP contribution in [0.2, 0.25) is 0 Å². The second-order valence-corrected chi connectivity index (χ2v) is 7.46. The number of piperidine rings is 1. The summed E-state index contributed by atoms with van der Waals surface area (Å²) >= 11 is 1.71. The average molecular weight is 351 g/mol. The lowest BCUT2D eigenvalue weighted by Crippen LogP contribution is -2.42. The molecule has 5 heteroatoms. The molecule has 0 bridgehead atoms. The maximum absolute atomic E-state index is 12.6. The highest BCUT2D eigenvalue weighted by molar-refractivity contribution is 7.22. The van der Waals surface area contributed by atoms with Crippen LogP contribution in [0.1, 0.15) is 18.4 Å². The largest absolute Gasteiger partial charge is 0.352 e. The summed E-state index contributed by atoms with van der Waals surface area (Å²) in [6.07, 6.45) is 1.97. The van der Waals surface area contributed by atoms with Crippen molar-refractivity contribution in [2.24, 2.45) is 5.92 Å². The second kappa shape index (κ2) is 7.23. The van der Waals surface area contributed by atoms with Gasteiger partial charge in [-0.2, -0.15) is 0 Å². The predicted molar refractivity (Wildman–Crippen MR) is 103 cm³/mol. The quantitative estimate of drug-likeness (QED) is 0.777. The number of rotatable bonds is 4. The van der Waals surface area contributed by atoms with Gasteiger partial charge in [-0.25, -0.2) is 4.98 Å². The first-order valence-electron chi connectivity index (χ1n) is 8.72. The van der Waals surface area contributed by atoms with Crippen LogP contribution in [0.5, 0.6) is 0 Å². The van der Waals surface area contributed by atoms with Crippen molar-refractivity contribution in [2.45, 2.75) is 19.4 Å². The summed E-state index contributed by atoms with van der Waals surface area (Å²) in [4.78, 5) is 19.6. The molecule has 0 radical (unpaired) electrons. The molecule has 1 fully saturated rings. The Morgan fingerprint density at radius 3 is 2.80 bits per heavy atom. The number of para-hydroxylation sites is 1. The Morgan fingerprint density at radius 1 is 1.16 bits per heavy atom. The Kier molecular flexibility index (Phi) is 4.65. The van der Waals surface area contributed by atoms with E-state index in [2.05, 4.69) is 16.3 Å². The van der Waals surface area contributed by atoms with Gasteiger partial charge in [-0.05, 0) is 30.5 Å². The molecule has 1 aliphatic rings. The molecule has 1 aliphatic heterocycles. The van der Waals surface area contributed by atoms with Gasteiger partial charge in [0.2, 0.25) is 5.91 Å². The predicted octanol–water partition coefficient (Wildman–Crippen LogP) is 3.83. The number of hydrogen-bond acceptors (Lipinski definition) is 4. The minimum atomic E-state index is 0.0319. The van der Waals surface area contributed by atoms with E-state index in [9.17, 15) is 4.79 Å². The summed E-state index contributed by atoms with van der Waals surface area (Å²) in [5.41, 5.74) is 2.17. The number of benzene rings is 2. The third-order valence-corrected chi connectivity index (χ3v) is 5.75. The Bertz CT molecular complexity index is 829. The molecular formula is C20H21N3OS. The maximum Gasteiger partial charge on any atom is 0.225 e. The zero-order chi connectivity index (χ0) is 17.1. The minimum Gasteiger partial charge on any atom is -0.352 e.